The normalized spacial score (nSPS) is 10.3. The maximum absolute atomic E-state index is 11.8. The van der Waals surface area contributed by atoms with Crippen LogP contribution in [-0.4, -0.2) is 19.2 Å². The molecule has 0 unspecified atom stereocenters. The fourth-order valence-corrected chi connectivity index (χ4v) is 2.23. The molecular formula is C18H21ClN2O2. The Bertz CT molecular complexity index is 701. The molecule has 23 heavy (non-hydrogen) atoms. The third-order valence-electron chi connectivity index (χ3n) is 3.63. The molecule has 5 heteroatoms. The van der Waals surface area contributed by atoms with E-state index < -0.39 is 0 Å². The molecule has 0 aliphatic carbocycles. The molecule has 0 aliphatic rings. The van der Waals surface area contributed by atoms with Gasteiger partial charge < -0.3 is 15.4 Å². The summed E-state index contributed by atoms with van der Waals surface area (Å²) in [6, 6.07) is 11.0. The van der Waals surface area contributed by atoms with Gasteiger partial charge in [-0.3, -0.25) is 0 Å². The first-order valence-corrected chi connectivity index (χ1v) is 7.85. The molecule has 2 rings (SSSR count). The average molecular weight is 333 g/mol. The molecule has 0 aromatic heterocycles. The van der Waals surface area contributed by atoms with Crippen LogP contribution in [0.15, 0.2) is 36.4 Å². The van der Waals surface area contributed by atoms with Gasteiger partial charge in [-0.2, -0.15) is 0 Å². The summed E-state index contributed by atoms with van der Waals surface area (Å²) in [4.78, 5) is 11.8. The van der Waals surface area contributed by atoms with E-state index in [2.05, 4.69) is 10.6 Å². The number of amides is 2. The van der Waals surface area contributed by atoms with Crippen LogP contribution in [0.3, 0.4) is 0 Å². The number of carbonyl (C=O) groups is 1. The Morgan fingerprint density at radius 1 is 1.13 bits per heavy atom. The fourth-order valence-electron chi connectivity index (χ4n) is 2.05. The van der Waals surface area contributed by atoms with Crippen LogP contribution in [0.2, 0.25) is 5.02 Å². The first kappa shape index (κ1) is 17.2. The molecular weight excluding hydrogens is 312 g/mol. The summed E-state index contributed by atoms with van der Waals surface area (Å²) in [5.74, 6) is 0.845. The summed E-state index contributed by atoms with van der Waals surface area (Å²) in [6.07, 6.45) is 0. The molecule has 0 saturated heterocycles. The van der Waals surface area contributed by atoms with E-state index in [1.807, 2.05) is 51.1 Å². The Kier molecular flexibility index (Phi) is 5.88. The lowest BCUT2D eigenvalue weighted by Gasteiger charge is -2.12. The number of benzene rings is 2. The first-order valence-electron chi connectivity index (χ1n) is 7.47. The van der Waals surface area contributed by atoms with Crippen LogP contribution in [0.4, 0.5) is 10.5 Å². The number of urea groups is 1. The van der Waals surface area contributed by atoms with Crippen molar-refractivity contribution in [3.63, 3.8) is 0 Å². The van der Waals surface area contributed by atoms with Gasteiger partial charge in [0, 0.05) is 10.7 Å². The molecule has 0 radical (unpaired) electrons. The highest BCUT2D eigenvalue weighted by Gasteiger charge is 2.04. The Morgan fingerprint density at radius 2 is 1.91 bits per heavy atom. The van der Waals surface area contributed by atoms with Gasteiger partial charge in [0.25, 0.3) is 0 Å². The Balaban J connectivity index is 1.76. The highest BCUT2D eigenvalue weighted by atomic mass is 35.5. The summed E-state index contributed by atoms with van der Waals surface area (Å²) in [5.41, 5.74) is 3.93. The van der Waals surface area contributed by atoms with Crippen molar-refractivity contribution in [2.75, 3.05) is 18.5 Å². The van der Waals surface area contributed by atoms with Gasteiger partial charge in [0.1, 0.15) is 12.4 Å². The molecule has 2 aromatic rings. The summed E-state index contributed by atoms with van der Waals surface area (Å²) in [5, 5.41) is 6.12. The summed E-state index contributed by atoms with van der Waals surface area (Å²) >= 11 is 6.03. The van der Waals surface area contributed by atoms with E-state index in [1.165, 1.54) is 5.56 Å². The van der Waals surface area contributed by atoms with Crippen LogP contribution in [0.1, 0.15) is 16.7 Å². The Hall–Kier alpha value is -2.20. The van der Waals surface area contributed by atoms with Crippen molar-refractivity contribution in [2.45, 2.75) is 20.8 Å². The van der Waals surface area contributed by atoms with Crippen molar-refractivity contribution in [2.24, 2.45) is 0 Å². The van der Waals surface area contributed by atoms with Crippen LogP contribution < -0.4 is 15.4 Å². The van der Waals surface area contributed by atoms with E-state index >= 15 is 0 Å². The quantitative estimate of drug-likeness (QED) is 0.794. The number of carbonyl (C=O) groups excluding carboxylic acids is 1. The van der Waals surface area contributed by atoms with E-state index in [0.29, 0.717) is 23.9 Å². The lowest BCUT2D eigenvalue weighted by Crippen LogP contribution is -2.32. The fraction of sp³-hybridized carbons (Fsp3) is 0.278. The van der Waals surface area contributed by atoms with Crippen molar-refractivity contribution in [3.8, 4) is 5.75 Å². The molecule has 2 aromatic carbocycles. The number of hydrogen-bond acceptors (Lipinski definition) is 2. The molecule has 0 heterocycles. The highest BCUT2D eigenvalue weighted by molar-refractivity contribution is 6.31. The zero-order valence-electron chi connectivity index (χ0n) is 13.6. The lowest BCUT2D eigenvalue weighted by atomic mass is 10.1. The summed E-state index contributed by atoms with van der Waals surface area (Å²) in [7, 11) is 0. The Morgan fingerprint density at radius 3 is 2.65 bits per heavy atom. The average Bonchev–Trinajstić information content (AvgIpc) is 2.51. The first-order chi connectivity index (χ1) is 11.0. The standard InChI is InChI=1S/C18H21ClN2O2/c1-12-5-4-6-17(14(12)3)23-10-9-20-18(22)21-15-8-7-13(2)16(19)11-15/h4-8,11H,9-10H2,1-3H3,(H2,20,21,22). The van der Waals surface area contributed by atoms with Gasteiger partial charge in [-0.05, 0) is 55.7 Å². The van der Waals surface area contributed by atoms with Crippen molar-refractivity contribution >= 4 is 23.3 Å². The Labute approximate surface area is 141 Å². The molecule has 0 atom stereocenters. The van der Waals surface area contributed by atoms with Crippen molar-refractivity contribution < 1.29 is 9.53 Å². The van der Waals surface area contributed by atoms with Gasteiger partial charge in [0.2, 0.25) is 0 Å². The minimum atomic E-state index is -0.283. The van der Waals surface area contributed by atoms with Gasteiger partial charge >= 0.3 is 6.03 Å². The van der Waals surface area contributed by atoms with Crippen LogP contribution in [0.5, 0.6) is 5.75 Å². The molecule has 4 nitrogen and oxygen atoms in total. The van der Waals surface area contributed by atoms with E-state index in [1.54, 1.807) is 6.07 Å². The van der Waals surface area contributed by atoms with Crippen LogP contribution in [0.25, 0.3) is 0 Å². The minimum Gasteiger partial charge on any atom is -0.491 e. The maximum atomic E-state index is 11.8. The second kappa shape index (κ2) is 7.88. The number of rotatable bonds is 5. The molecule has 0 fully saturated rings. The van der Waals surface area contributed by atoms with Crippen LogP contribution >= 0.6 is 11.6 Å². The SMILES string of the molecule is Cc1ccc(NC(=O)NCCOc2cccc(C)c2C)cc1Cl. The maximum Gasteiger partial charge on any atom is 0.319 e. The van der Waals surface area contributed by atoms with E-state index in [4.69, 9.17) is 16.3 Å². The van der Waals surface area contributed by atoms with Gasteiger partial charge in [-0.25, -0.2) is 4.79 Å². The molecule has 2 amide bonds. The predicted molar refractivity (Wildman–Crippen MR) is 94.6 cm³/mol. The minimum absolute atomic E-state index is 0.283. The molecule has 2 N–H and O–H groups in total. The van der Waals surface area contributed by atoms with Crippen molar-refractivity contribution in [1.82, 2.24) is 5.32 Å². The third kappa shape index (κ3) is 4.89. The molecule has 0 saturated carbocycles. The van der Waals surface area contributed by atoms with E-state index in [-0.39, 0.29) is 6.03 Å². The zero-order chi connectivity index (χ0) is 16.8. The largest absolute Gasteiger partial charge is 0.491 e. The number of aryl methyl sites for hydroxylation is 2. The van der Waals surface area contributed by atoms with Gasteiger partial charge in [0.05, 0.1) is 6.54 Å². The monoisotopic (exact) mass is 332 g/mol. The van der Waals surface area contributed by atoms with Crippen LogP contribution in [-0.2, 0) is 0 Å². The van der Waals surface area contributed by atoms with Gasteiger partial charge in [-0.1, -0.05) is 29.8 Å². The highest BCUT2D eigenvalue weighted by Crippen LogP contribution is 2.21. The number of hydrogen-bond donors (Lipinski definition) is 2. The van der Waals surface area contributed by atoms with Gasteiger partial charge in [-0.15, -0.1) is 0 Å². The molecule has 0 spiro atoms. The number of anilines is 1. The number of halogens is 1. The smallest absolute Gasteiger partial charge is 0.319 e. The summed E-state index contributed by atoms with van der Waals surface area (Å²) < 4.78 is 5.69. The number of nitrogens with one attached hydrogen (secondary N) is 2. The van der Waals surface area contributed by atoms with Crippen LogP contribution in [0, 0.1) is 20.8 Å². The van der Waals surface area contributed by atoms with Crippen molar-refractivity contribution in [3.05, 3.63) is 58.1 Å². The molecule has 0 bridgehead atoms. The van der Waals surface area contributed by atoms with E-state index in [0.717, 1.165) is 16.9 Å². The zero-order valence-corrected chi connectivity index (χ0v) is 14.3. The van der Waals surface area contributed by atoms with Gasteiger partial charge in [0.15, 0.2) is 0 Å². The number of ether oxygens (including phenoxy) is 1. The van der Waals surface area contributed by atoms with E-state index in [9.17, 15) is 4.79 Å². The summed E-state index contributed by atoms with van der Waals surface area (Å²) in [6.45, 7) is 6.80. The third-order valence-corrected chi connectivity index (χ3v) is 4.04. The topological polar surface area (TPSA) is 50.4 Å². The predicted octanol–water partition coefficient (Wildman–Crippen LogP) is 4.47. The second-order valence-electron chi connectivity index (χ2n) is 5.39. The lowest BCUT2D eigenvalue weighted by molar-refractivity contribution is 0.247. The second-order valence-corrected chi connectivity index (χ2v) is 5.80. The molecule has 0 aliphatic heterocycles. The van der Waals surface area contributed by atoms with Crippen molar-refractivity contribution in [1.29, 1.82) is 0 Å². The molecule has 122 valence electrons.